The van der Waals surface area contributed by atoms with E-state index in [0.29, 0.717) is 11.3 Å². The summed E-state index contributed by atoms with van der Waals surface area (Å²) in [6, 6.07) is 5.22. The fourth-order valence-electron chi connectivity index (χ4n) is 1.57. The van der Waals surface area contributed by atoms with Gasteiger partial charge in [0.25, 0.3) is 5.91 Å². The molecule has 94 valence electrons. The van der Waals surface area contributed by atoms with Crippen LogP contribution in [0.2, 0.25) is 0 Å². The lowest BCUT2D eigenvalue weighted by Gasteiger charge is -2.12. The molecule has 2 aromatic rings. The Bertz CT molecular complexity index is 551. The predicted octanol–water partition coefficient (Wildman–Crippen LogP) is 2.52. The minimum atomic E-state index is -0.135. The van der Waals surface area contributed by atoms with E-state index in [1.807, 2.05) is 25.3 Å². The van der Waals surface area contributed by atoms with Crippen molar-refractivity contribution in [3.63, 3.8) is 0 Å². The second-order valence-electron chi connectivity index (χ2n) is 4.14. The molecule has 0 saturated carbocycles. The number of hydrogen-bond donors (Lipinski definition) is 2. The number of aromatic nitrogens is 1. The van der Waals surface area contributed by atoms with Gasteiger partial charge in [0.2, 0.25) is 0 Å². The summed E-state index contributed by atoms with van der Waals surface area (Å²) < 4.78 is 0. The van der Waals surface area contributed by atoms with Gasteiger partial charge in [0.15, 0.2) is 0 Å². The zero-order valence-corrected chi connectivity index (χ0v) is 11.1. The molecule has 0 fully saturated rings. The number of hydrogen-bond acceptors (Lipinski definition) is 4. The molecule has 18 heavy (non-hydrogen) atoms. The first-order chi connectivity index (χ1) is 8.58. The van der Waals surface area contributed by atoms with E-state index >= 15 is 0 Å². The quantitative estimate of drug-likeness (QED) is 0.834. The van der Waals surface area contributed by atoms with Crippen molar-refractivity contribution in [1.82, 2.24) is 10.3 Å². The Morgan fingerprint density at radius 3 is 2.89 bits per heavy atom. The predicted molar refractivity (Wildman–Crippen MR) is 73.6 cm³/mol. The first-order valence-corrected chi connectivity index (χ1v) is 6.52. The Morgan fingerprint density at radius 2 is 2.28 bits per heavy atom. The molecule has 1 unspecified atom stereocenters. The Hall–Kier alpha value is -1.88. The van der Waals surface area contributed by atoms with Crippen LogP contribution in [0.15, 0.2) is 29.8 Å². The van der Waals surface area contributed by atoms with Gasteiger partial charge >= 0.3 is 0 Å². The summed E-state index contributed by atoms with van der Waals surface area (Å²) in [4.78, 5) is 16.2. The van der Waals surface area contributed by atoms with Crippen LogP contribution >= 0.6 is 11.3 Å². The van der Waals surface area contributed by atoms with Gasteiger partial charge in [-0.25, -0.2) is 4.98 Å². The number of aryl methyl sites for hydroxylation is 1. The topological polar surface area (TPSA) is 68.0 Å². The summed E-state index contributed by atoms with van der Waals surface area (Å²) in [6.07, 6.45) is 1.73. The molecule has 1 amide bonds. The number of nitrogens with two attached hydrogens (primary N) is 1. The third-order valence-corrected chi connectivity index (χ3v) is 3.67. The van der Waals surface area contributed by atoms with Gasteiger partial charge in [-0.3, -0.25) is 4.79 Å². The number of carbonyl (C=O) groups is 1. The highest BCUT2D eigenvalue weighted by Gasteiger charge is 2.13. The van der Waals surface area contributed by atoms with E-state index < -0.39 is 0 Å². The maximum Gasteiger partial charge on any atom is 0.251 e. The molecule has 5 heteroatoms. The minimum absolute atomic E-state index is 0.0972. The van der Waals surface area contributed by atoms with Crippen LogP contribution < -0.4 is 11.1 Å². The van der Waals surface area contributed by atoms with Gasteiger partial charge in [0, 0.05) is 22.8 Å². The van der Waals surface area contributed by atoms with E-state index in [4.69, 9.17) is 5.73 Å². The Kier molecular flexibility index (Phi) is 3.62. The maximum absolute atomic E-state index is 12.0. The third-order valence-electron chi connectivity index (χ3n) is 2.71. The number of anilines is 1. The second kappa shape index (κ2) is 5.18. The molecule has 0 aliphatic carbocycles. The summed E-state index contributed by atoms with van der Waals surface area (Å²) in [5, 5.41) is 5.68. The lowest BCUT2D eigenvalue weighted by molar-refractivity contribution is 0.0940. The maximum atomic E-state index is 12.0. The van der Waals surface area contributed by atoms with Gasteiger partial charge in [-0.05, 0) is 31.5 Å². The second-order valence-corrected chi connectivity index (χ2v) is 5.06. The largest absolute Gasteiger partial charge is 0.398 e. The standard InChI is InChI=1S/C13H15N3OS/c1-8-3-4-10(7-11(8)14)12(17)16-9(2)13-15-5-6-18-13/h3-7,9H,14H2,1-2H3,(H,16,17). The number of benzene rings is 1. The molecule has 0 saturated heterocycles. The minimum Gasteiger partial charge on any atom is -0.398 e. The summed E-state index contributed by atoms with van der Waals surface area (Å²) in [6.45, 7) is 3.82. The van der Waals surface area contributed by atoms with Crippen LogP contribution in [0.3, 0.4) is 0 Å². The summed E-state index contributed by atoms with van der Waals surface area (Å²) in [5.41, 5.74) is 7.97. The molecule has 0 radical (unpaired) electrons. The van der Waals surface area contributed by atoms with Crippen LogP contribution in [-0.2, 0) is 0 Å². The molecule has 1 atom stereocenters. The fourth-order valence-corrected chi connectivity index (χ4v) is 2.22. The highest BCUT2D eigenvalue weighted by molar-refractivity contribution is 7.09. The average molecular weight is 261 g/mol. The normalized spacial score (nSPS) is 12.1. The van der Waals surface area contributed by atoms with E-state index in [-0.39, 0.29) is 11.9 Å². The third kappa shape index (κ3) is 2.68. The first kappa shape index (κ1) is 12.6. The Morgan fingerprint density at radius 1 is 1.50 bits per heavy atom. The van der Waals surface area contributed by atoms with Gasteiger partial charge in [-0.1, -0.05) is 6.07 Å². The van der Waals surface area contributed by atoms with Gasteiger partial charge in [-0.15, -0.1) is 11.3 Å². The summed E-state index contributed by atoms with van der Waals surface area (Å²) in [7, 11) is 0. The number of nitrogens with one attached hydrogen (secondary N) is 1. The SMILES string of the molecule is Cc1ccc(C(=O)NC(C)c2nccs2)cc1N. The zero-order valence-electron chi connectivity index (χ0n) is 10.3. The van der Waals surface area contributed by atoms with E-state index in [1.165, 1.54) is 11.3 Å². The average Bonchev–Trinajstić information content (AvgIpc) is 2.86. The molecule has 3 N–H and O–H groups in total. The van der Waals surface area contributed by atoms with Crippen LogP contribution in [0, 0.1) is 6.92 Å². The van der Waals surface area contributed by atoms with E-state index in [2.05, 4.69) is 10.3 Å². The van der Waals surface area contributed by atoms with Crippen LogP contribution in [-0.4, -0.2) is 10.9 Å². The number of nitrogens with zero attached hydrogens (tertiary/aromatic N) is 1. The number of rotatable bonds is 3. The van der Waals surface area contributed by atoms with Crippen LogP contribution in [0.5, 0.6) is 0 Å². The zero-order chi connectivity index (χ0) is 13.1. The van der Waals surface area contributed by atoms with Crippen molar-refractivity contribution in [3.05, 3.63) is 45.9 Å². The van der Waals surface area contributed by atoms with Crippen molar-refractivity contribution in [2.45, 2.75) is 19.9 Å². The van der Waals surface area contributed by atoms with Crippen molar-refractivity contribution >= 4 is 22.9 Å². The smallest absolute Gasteiger partial charge is 0.251 e. The molecule has 0 spiro atoms. The highest BCUT2D eigenvalue weighted by atomic mass is 32.1. The Labute approximate surface area is 110 Å². The molecule has 0 bridgehead atoms. The van der Waals surface area contributed by atoms with Gasteiger partial charge in [0.05, 0.1) is 6.04 Å². The summed E-state index contributed by atoms with van der Waals surface area (Å²) >= 11 is 1.52. The molecule has 1 heterocycles. The lowest BCUT2D eigenvalue weighted by atomic mass is 10.1. The molecular formula is C13H15N3OS. The van der Waals surface area contributed by atoms with Gasteiger partial charge in [0.1, 0.15) is 5.01 Å². The Balaban J connectivity index is 2.10. The van der Waals surface area contributed by atoms with E-state index in [1.54, 1.807) is 18.3 Å². The van der Waals surface area contributed by atoms with Crippen LogP contribution in [0.1, 0.15) is 33.9 Å². The van der Waals surface area contributed by atoms with Crippen molar-refractivity contribution in [2.24, 2.45) is 0 Å². The number of amides is 1. The molecular weight excluding hydrogens is 246 g/mol. The molecule has 2 rings (SSSR count). The van der Waals surface area contributed by atoms with E-state index in [9.17, 15) is 4.79 Å². The van der Waals surface area contributed by atoms with Crippen LogP contribution in [0.25, 0.3) is 0 Å². The first-order valence-electron chi connectivity index (χ1n) is 5.64. The highest BCUT2D eigenvalue weighted by Crippen LogP contribution is 2.17. The number of carbonyl (C=O) groups excluding carboxylic acids is 1. The monoisotopic (exact) mass is 261 g/mol. The van der Waals surface area contributed by atoms with Crippen molar-refractivity contribution < 1.29 is 4.79 Å². The number of nitrogen functional groups attached to an aromatic ring is 1. The molecule has 1 aromatic carbocycles. The molecule has 0 aliphatic heterocycles. The van der Waals surface area contributed by atoms with Crippen molar-refractivity contribution in [3.8, 4) is 0 Å². The van der Waals surface area contributed by atoms with Crippen molar-refractivity contribution in [1.29, 1.82) is 0 Å². The van der Waals surface area contributed by atoms with Gasteiger partial charge < -0.3 is 11.1 Å². The fraction of sp³-hybridized carbons (Fsp3) is 0.231. The summed E-state index contributed by atoms with van der Waals surface area (Å²) in [5.74, 6) is -0.135. The molecule has 1 aromatic heterocycles. The van der Waals surface area contributed by atoms with Crippen molar-refractivity contribution in [2.75, 3.05) is 5.73 Å². The number of thiazole rings is 1. The molecule has 0 aliphatic rings. The lowest BCUT2D eigenvalue weighted by Crippen LogP contribution is -2.26. The van der Waals surface area contributed by atoms with E-state index in [0.717, 1.165) is 10.6 Å². The van der Waals surface area contributed by atoms with Crippen LogP contribution in [0.4, 0.5) is 5.69 Å². The molecule has 4 nitrogen and oxygen atoms in total. The van der Waals surface area contributed by atoms with Gasteiger partial charge in [-0.2, -0.15) is 0 Å².